The second-order valence-corrected chi connectivity index (χ2v) is 7.70. The maximum absolute atomic E-state index is 13.5. The molecule has 0 spiro atoms. The summed E-state index contributed by atoms with van der Waals surface area (Å²) in [6.45, 7) is 3.42. The lowest BCUT2D eigenvalue weighted by Gasteiger charge is -2.29. The van der Waals surface area contributed by atoms with Gasteiger partial charge < -0.3 is 10.2 Å². The van der Waals surface area contributed by atoms with Crippen LogP contribution in [0, 0.1) is 5.82 Å². The zero-order valence-electron chi connectivity index (χ0n) is 13.4. The number of hydrogen-bond acceptors (Lipinski definition) is 5. The van der Waals surface area contributed by atoms with E-state index in [2.05, 4.69) is 15.2 Å². The number of rotatable bonds is 3. The first kappa shape index (κ1) is 16.0. The molecule has 0 saturated carbocycles. The van der Waals surface area contributed by atoms with E-state index in [1.807, 2.05) is 12.1 Å². The van der Waals surface area contributed by atoms with Gasteiger partial charge in [-0.1, -0.05) is 12.1 Å². The highest BCUT2D eigenvalue weighted by atomic mass is 32.2. The molecule has 25 heavy (non-hydrogen) atoms. The third-order valence-electron chi connectivity index (χ3n) is 4.33. The van der Waals surface area contributed by atoms with E-state index in [-0.39, 0.29) is 4.90 Å². The molecule has 0 amide bonds. The van der Waals surface area contributed by atoms with Crippen LogP contribution in [0.15, 0.2) is 53.7 Å². The Hall–Kier alpha value is -2.45. The van der Waals surface area contributed by atoms with Crippen LogP contribution >= 0.6 is 0 Å². The van der Waals surface area contributed by atoms with Crippen LogP contribution < -0.4 is 10.2 Å². The first-order chi connectivity index (χ1) is 12.1. The van der Waals surface area contributed by atoms with Crippen LogP contribution in [0.4, 0.5) is 10.1 Å². The van der Waals surface area contributed by atoms with Gasteiger partial charge in [-0.05, 0) is 30.3 Å². The number of nitrogens with zero attached hydrogens (tertiary/aromatic N) is 3. The highest BCUT2D eigenvalue weighted by Crippen LogP contribution is 2.28. The van der Waals surface area contributed by atoms with E-state index >= 15 is 0 Å². The van der Waals surface area contributed by atoms with Crippen LogP contribution in [0.25, 0.3) is 11.0 Å². The fraction of sp³-hybridized carbons (Fsp3) is 0.235. The number of aromatic nitrogens is 2. The third-order valence-corrected chi connectivity index (χ3v) is 5.99. The molecule has 8 heteroatoms. The third kappa shape index (κ3) is 2.77. The minimum Gasteiger partial charge on any atom is -0.367 e. The zero-order valence-corrected chi connectivity index (χ0v) is 14.2. The Morgan fingerprint density at radius 2 is 1.84 bits per heavy atom. The van der Waals surface area contributed by atoms with Gasteiger partial charge in [-0.3, -0.25) is 0 Å². The standard InChI is InChI=1S/C17H17FN4O2S/c18-13-3-1-4-14(11-13)25(23,24)22-12-20-17-15(5-2-6-16(17)22)21-9-7-19-8-10-21/h1-6,11-12,19H,7-10H2. The second-order valence-electron chi connectivity index (χ2n) is 5.88. The molecule has 3 aromatic rings. The maximum Gasteiger partial charge on any atom is 0.269 e. The summed E-state index contributed by atoms with van der Waals surface area (Å²) in [6.07, 6.45) is 1.29. The topological polar surface area (TPSA) is 67.2 Å². The van der Waals surface area contributed by atoms with Gasteiger partial charge in [0.1, 0.15) is 17.7 Å². The van der Waals surface area contributed by atoms with Crippen molar-refractivity contribution in [2.24, 2.45) is 0 Å². The lowest BCUT2D eigenvalue weighted by atomic mass is 10.2. The molecule has 6 nitrogen and oxygen atoms in total. The van der Waals surface area contributed by atoms with E-state index in [0.717, 1.165) is 41.9 Å². The summed E-state index contributed by atoms with van der Waals surface area (Å²) in [7, 11) is -3.91. The zero-order chi connectivity index (χ0) is 17.4. The normalized spacial score (nSPS) is 15.6. The number of fused-ring (bicyclic) bond motifs is 1. The summed E-state index contributed by atoms with van der Waals surface area (Å²) in [5, 5.41) is 3.29. The number of benzene rings is 2. The smallest absolute Gasteiger partial charge is 0.269 e. The summed E-state index contributed by atoms with van der Waals surface area (Å²) in [5.41, 5.74) is 2.02. The Bertz CT molecular complexity index is 1030. The van der Waals surface area contributed by atoms with E-state index in [9.17, 15) is 12.8 Å². The predicted molar refractivity (Wildman–Crippen MR) is 93.8 cm³/mol. The Morgan fingerprint density at radius 3 is 2.60 bits per heavy atom. The molecule has 4 rings (SSSR count). The van der Waals surface area contributed by atoms with Gasteiger partial charge in [0.15, 0.2) is 0 Å². The van der Waals surface area contributed by atoms with Crippen molar-refractivity contribution >= 4 is 26.7 Å². The Kier molecular flexibility index (Phi) is 3.93. The SMILES string of the molecule is O=S(=O)(c1cccc(F)c1)n1cnc2c(N3CCNCC3)cccc21. The van der Waals surface area contributed by atoms with Gasteiger partial charge in [0.05, 0.1) is 16.1 Å². The van der Waals surface area contributed by atoms with Crippen molar-refractivity contribution in [1.29, 1.82) is 0 Å². The van der Waals surface area contributed by atoms with Crippen LogP contribution in [0.2, 0.25) is 0 Å². The molecule has 0 bridgehead atoms. The Balaban J connectivity index is 1.84. The van der Waals surface area contributed by atoms with Crippen molar-refractivity contribution in [3.05, 3.63) is 54.6 Å². The van der Waals surface area contributed by atoms with Crippen molar-refractivity contribution in [2.75, 3.05) is 31.1 Å². The van der Waals surface area contributed by atoms with Crippen molar-refractivity contribution in [2.45, 2.75) is 4.90 Å². The molecule has 130 valence electrons. The molecule has 1 fully saturated rings. The summed E-state index contributed by atoms with van der Waals surface area (Å²) in [6, 6.07) is 10.5. The summed E-state index contributed by atoms with van der Waals surface area (Å²) < 4.78 is 40.3. The average molecular weight is 360 g/mol. The van der Waals surface area contributed by atoms with Crippen LogP contribution in [-0.2, 0) is 10.0 Å². The predicted octanol–water partition coefficient (Wildman–Crippen LogP) is 1.82. The molecule has 0 radical (unpaired) electrons. The summed E-state index contributed by atoms with van der Waals surface area (Å²) in [5.74, 6) is -0.591. The molecular weight excluding hydrogens is 343 g/mol. The number of halogens is 1. The monoisotopic (exact) mass is 360 g/mol. The van der Waals surface area contributed by atoms with Crippen LogP contribution in [0.1, 0.15) is 0 Å². The van der Waals surface area contributed by atoms with Gasteiger partial charge in [0.2, 0.25) is 0 Å². The number of imidazole rings is 1. The molecule has 1 aliphatic heterocycles. The van der Waals surface area contributed by atoms with Crippen molar-refractivity contribution in [1.82, 2.24) is 14.3 Å². The van der Waals surface area contributed by atoms with Crippen LogP contribution in [0.3, 0.4) is 0 Å². The van der Waals surface area contributed by atoms with E-state index in [0.29, 0.717) is 11.0 Å². The fourth-order valence-corrected chi connectivity index (χ4v) is 4.41. The van der Waals surface area contributed by atoms with Crippen molar-refractivity contribution < 1.29 is 12.8 Å². The lowest BCUT2D eigenvalue weighted by molar-refractivity contribution is 0.584. The summed E-state index contributed by atoms with van der Waals surface area (Å²) in [4.78, 5) is 6.42. The van der Waals surface area contributed by atoms with E-state index in [1.54, 1.807) is 6.07 Å². The minimum absolute atomic E-state index is 0.0978. The Labute approximate surface area is 144 Å². The van der Waals surface area contributed by atoms with Gasteiger partial charge in [-0.25, -0.2) is 21.8 Å². The highest BCUT2D eigenvalue weighted by Gasteiger charge is 2.22. The van der Waals surface area contributed by atoms with Crippen molar-refractivity contribution in [3.8, 4) is 0 Å². The number of hydrogen-bond donors (Lipinski definition) is 1. The summed E-state index contributed by atoms with van der Waals surface area (Å²) >= 11 is 0. The minimum atomic E-state index is -3.91. The van der Waals surface area contributed by atoms with Gasteiger partial charge >= 0.3 is 0 Å². The molecular formula is C17H17FN4O2S. The highest BCUT2D eigenvalue weighted by molar-refractivity contribution is 7.90. The van der Waals surface area contributed by atoms with E-state index in [1.165, 1.54) is 24.5 Å². The molecule has 1 N–H and O–H groups in total. The maximum atomic E-state index is 13.5. The molecule has 1 aromatic heterocycles. The molecule has 2 heterocycles. The van der Waals surface area contributed by atoms with Crippen LogP contribution in [0.5, 0.6) is 0 Å². The number of para-hydroxylation sites is 1. The van der Waals surface area contributed by atoms with E-state index < -0.39 is 15.8 Å². The van der Waals surface area contributed by atoms with Gasteiger partial charge in [0.25, 0.3) is 10.0 Å². The van der Waals surface area contributed by atoms with E-state index in [4.69, 9.17) is 0 Å². The fourth-order valence-electron chi connectivity index (χ4n) is 3.10. The lowest BCUT2D eigenvalue weighted by Crippen LogP contribution is -2.43. The molecule has 0 atom stereocenters. The average Bonchev–Trinajstić information content (AvgIpc) is 3.07. The van der Waals surface area contributed by atoms with Gasteiger partial charge in [0, 0.05) is 26.2 Å². The number of anilines is 1. The first-order valence-electron chi connectivity index (χ1n) is 8.00. The largest absolute Gasteiger partial charge is 0.367 e. The van der Waals surface area contributed by atoms with Crippen LogP contribution in [-0.4, -0.2) is 43.6 Å². The second kappa shape index (κ2) is 6.12. The van der Waals surface area contributed by atoms with Gasteiger partial charge in [-0.15, -0.1) is 0 Å². The first-order valence-corrected chi connectivity index (χ1v) is 9.44. The molecule has 0 unspecified atom stereocenters. The molecule has 2 aromatic carbocycles. The number of nitrogens with one attached hydrogen (secondary N) is 1. The molecule has 1 aliphatic rings. The quantitative estimate of drug-likeness (QED) is 0.772. The van der Waals surface area contributed by atoms with Gasteiger partial charge in [-0.2, -0.15) is 0 Å². The number of piperazine rings is 1. The molecule has 0 aliphatic carbocycles. The Morgan fingerprint density at radius 1 is 1.08 bits per heavy atom. The van der Waals surface area contributed by atoms with Crippen molar-refractivity contribution in [3.63, 3.8) is 0 Å². The molecule has 1 saturated heterocycles.